The van der Waals surface area contributed by atoms with Gasteiger partial charge in [-0.3, -0.25) is 14.7 Å². The van der Waals surface area contributed by atoms with Crippen LogP contribution < -0.4 is 10.5 Å². The molecule has 2 aromatic heterocycles. The normalized spacial score (nSPS) is 11.1. The van der Waals surface area contributed by atoms with Crippen molar-refractivity contribution in [2.45, 2.75) is 27.2 Å². The minimum atomic E-state index is -0.397. The van der Waals surface area contributed by atoms with Crippen LogP contribution in [0.2, 0.25) is 0 Å². The molecule has 0 bridgehead atoms. The van der Waals surface area contributed by atoms with E-state index in [0.29, 0.717) is 11.3 Å². The fourth-order valence-corrected chi connectivity index (χ4v) is 3.76. The van der Waals surface area contributed by atoms with Crippen molar-refractivity contribution in [1.82, 2.24) is 14.6 Å². The molecule has 1 N–H and O–H groups in total. The van der Waals surface area contributed by atoms with Gasteiger partial charge >= 0.3 is 0 Å². The summed E-state index contributed by atoms with van der Waals surface area (Å²) in [5, 5.41) is 3.08. The number of aryl methyl sites for hydroxylation is 3. The minimum absolute atomic E-state index is 0.0674. The van der Waals surface area contributed by atoms with Gasteiger partial charge in [0.25, 0.3) is 11.5 Å². The number of nitrogens with one attached hydrogen (secondary N) is 1. The molecule has 1 amide bonds. The van der Waals surface area contributed by atoms with Crippen LogP contribution in [-0.2, 0) is 6.42 Å². The van der Waals surface area contributed by atoms with Gasteiger partial charge in [-0.2, -0.15) is 0 Å². The third kappa shape index (κ3) is 3.20. The molecule has 2 aromatic carbocycles. The maximum atomic E-state index is 13.3. The van der Waals surface area contributed by atoms with Crippen LogP contribution in [0.5, 0.6) is 0 Å². The Kier molecular flexibility index (Phi) is 4.99. The van der Waals surface area contributed by atoms with E-state index < -0.39 is 5.56 Å². The van der Waals surface area contributed by atoms with Crippen LogP contribution in [0.4, 0.5) is 5.69 Å². The molecular weight excluding hydrogens is 376 g/mol. The van der Waals surface area contributed by atoms with Crippen molar-refractivity contribution in [2.75, 3.05) is 11.9 Å². The average Bonchev–Trinajstić information content (AvgIpc) is 3.09. The van der Waals surface area contributed by atoms with Crippen LogP contribution in [0.1, 0.15) is 34.2 Å². The number of amides is 1. The van der Waals surface area contributed by atoms with Crippen LogP contribution in [0.25, 0.3) is 16.8 Å². The van der Waals surface area contributed by atoms with Crippen LogP contribution in [-0.4, -0.2) is 27.6 Å². The quantitative estimate of drug-likeness (QED) is 0.560. The van der Waals surface area contributed by atoms with E-state index in [1.54, 1.807) is 14.0 Å². The first-order chi connectivity index (χ1) is 14.4. The van der Waals surface area contributed by atoms with E-state index in [9.17, 15) is 9.59 Å². The Bertz CT molecular complexity index is 1300. The largest absolute Gasteiger partial charge is 0.311 e. The number of H-pyrrole nitrogens is 1. The van der Waals surface area contributed by atoms with Gasteiger partial charge in [-0.1, -0.05) is 49.4 Å². The number of benzene rings is 2. The molecule has 0 saturated carbocycles. The lowest BCUT2D eigenvalue weighted by molar-refractivity contribution is 0.0990. The molecule has 0 spiro atoms. The van der Waals surface area contributed by atoms with Crippen LogP contribution in [0, 0.1) is 13.8 Å². The average molecular weight is 400 g/mol. The van der Waals surface area contributed by atoms with E-state index in [1.807, 2.05) is 61.5 Å². The highest BCUT2D eigenvalue weighted by Gasteiger charge is 2.24. The van der Waals surface area contributed by atoms with Gasteiger partial charge in [0, 0.05) is 24.0 Å². The number of aromatic nitrogens is 3. The van der Waals surface area contributed by atoms with E-state index in [-0.39, 0.29) is 11.5 Å². The standard InChI is InChI=1S/C24H24N4O2/c1-5-17-10-9-13-19(14-17)27(4)23(29)21-15(2)25-22-20(18-11-7-6-8-12-18)16(3)26-28(22)24(21)30/h6-14,26H,5H2,1-4H3. The van der Waals surface area contributed by atoms with E-state index in [0.717, 1.165) is 34.5 Å². The number of carbonyl (C=O) groups is 1. The zero-order chi connectivity index (χ0) is 21.4. The molecule has 6 heteroatoms. The summed E-state index contributed by atoms with van der Waals surface area (Å²) in [6.07, 6.45) is 0.870. The minimum Gasteiger partial charge on any atom is -0.311 e. The van der Waals surface area contributed by atoms with E-state index in [1.165, 1.54) is 9.42 Å². The third-order valence-corrected chi connectivity index (χ3v) is 5.43. The van der Waals surface area contributed by atoms with Crippen LogP contribution in [0.3, 0.4) is 0 Å². The fraction of sp³-hybridized carbons (Fsp3) is 0.208. The topological polar surface area (TPSA) is 70.5 Å². The van der Waals surface area contributed by atoms with Gasteiger partial charge in [-0.05, 0) is 43.5 Å². The lowest BCUT2D eigenvalue weighted by Crippen LogP contribution is -2.34. The van der Waals surface area contributed by atoms with Crippen LogP contribution in [0.15, 0.2) is 59.4 Å². The Morgan fingerprint density at radius 2 is 1.83 bits per heavy atom. The molecule has 0 radical (unpaired) electrons. The molecule has 2 heterocycles. The van der Waals surface area contributed by atoms with E-state index in [2.05, 4.69) is 17.0 Å². The van der Waals surface area contributed by atoms with Crippen molar-refractivity contribution < 1.29 is 4.79 Å². The first-order valence-corrected chi connectivity index (χ1v) is 9.96. The van der Waals surface area contributed by atoms with Crippen molar-refractivity contribution in [3.8, 4) is 11.1 Å². The molecule has 30 heavy (non-hydrogen) atoms. The first kappa shape index (κ1) is 19.6. The van der Waals surface area contributed by atoms with Crippen molar-refractivity contribution in [1.29, 1.82) is 0 Å². The second kappa shape index (κ2) is 7.63. The molecule has 0 atom stereocenters. The van der Waals surface area contributed by atoms with Gasteiger partial charge in [0.05, 0.1) is 5.69 Å². The Morgan fingerprint density at radius 1 is 1.10 bits per heavy atom. The molecule has 0 unspecified atom stereocenters. The predicted octanol–water partition coefficient (Wildman–Crippen LogP) is 4.15. The molecule has 0 aliphatic carbocycles. The number of rotatable bonds is 4. The summed E-state index contributed by atoms with van der Waals surface area (Å²) in [5.41, 5.74) is 5.12. The highest BCUT2D eigenvalue weighted by Crippen LogP contribution is 2.27. The molecule has 0 saturated heterocycles. The van der Waals surface area contributed by atoms with Gasteiger partial charge in [0.2, 0.25) is 0 Å². The van der Waals surface area contributed by atoms with Crippen molar-refractivity contribution in [2.24, 2.45) is 0 Å². The SMILES string of the molecule is CCc1cccc(N(C)C(=O)c2c(C)nc3c(-c4ccccc4)c(C)[nH]n3c2=O)c1. The summed E-state index contributed by atoms with van der Waals surface area (Å²) in [4.78, 5) is 32.7. The highest BCUT2D eigenvalue weighted by molar-refractivity contribution is 6.06. The first-order valence-electron chi connectivity index (χ1n) is 9.96. The number of hydrogen-bond acceptors (Lipinski definition) is 3. The Balaban J connectivity index is 1.84. The number of hydrogen-bond donors (Lipinski definition) is 1. The number of fused-ring (bicyclic) bond motifs is 1. The number of carbonyl (C=O) groups excluding carboxylic acids is 1. The molecule has 152 valence electrons. The zero-order valence-corrected chi connectivity index (χ0v) is 17.6. The fourth-order valence-electron chi connectivity index (χ4n) is 3.76. The zero-order valence-electron chi connectivity index (χ0n) is 17.6. The Hall–Kier alpha value is -3.67. The van der Waals surface area contributed by atoms with Crippen LogP contribution >= 0.6 is 0 Å². The van der Waals surface area contributed by atoms with E-state index >= 15 is 0 Å². The predicted molar refractivity (Wildman–Crippen MR) is 119 cm³/mol. The summed E-state index contributed by atoms with van der Waals surface area (Å²) in [5.74, 6) is -0.374. The van der Waals surface area contributed by atoms with Crippen molar-refractivity contribution in [3.63, 3.8) is 0 Å². The van der Waals surface area contributed by atoms with Gasteiger partial charge in [-0.25, -0.2) is 9.50 Å². The molecule has 0 aliphatic heterocycles. The second-order valence-electron chi connectivity index (χ2n) is 7.40. The van der Waals surface area contributed by atoms with Gasteiger partial charge in [0.15, 0.2) is 5.65 Å². The number of nitrogens with zero attached hydrogens (tertiary/aromatic N) is 3. The molecule has 0 fully saturated rings. The number of anilines is 1. The monoisotopic (exact) mass is 400 g/mol. The summed E-state index contributed by atoms with van der Waals surface area (Å²) in [7, 11) is 1.68. The summed E-state index contributed by atoms with van der Waals surface area (Å²) >= 11 is 0. The van der Waals surface area contributed by atoms with Gasteiger partial charge in [-0.15, -0.1) is 0 Å². The maximum Gasteiger partial charge on any atom is 0.285 e. The Morgan fingerprint density at radius 3 is 2.53 bits per heavy atom. The lowest BCUT2D eigenvalue weighted by atomic mass is 10.1. The maximum absolute atomic E-state index is 13.3. The second-order valence-corrected chi connectivity index (χ2v) is 7.40. The highest BCUT2D eigenvalue weighted by atomic mass is 16.2. The molecule has 4 rings (SSSR count). The molecule has 4 aromatic rings. The van der Waals surface area contributed by atoms with Gasteiger partial charge < -0.3 is 4.90 Å². The third-order valence-electron chi connectivity index (χ3n) is 5.43. The molecular formula is C24H24N4O2. The van der Waals surface area contributed by atoms with Crippen molar-refractivity contribution in [3.05, 3.63) is 87.5 Å². The summed E-state index contributed by atoms with van der Waals surface area (Å²) in [6.45, 7) is 5.67. The molecule has 0 aliphatic rings. The smallest absolute Gasteiger partial charge is 0.285 e. The Labute approximate surface area is 174 Å². The van der Waals surface area contributed by atoms with Crippen molar-refractivity contribution >= 4 is 17.2 Å². The van der Waals surface area contributed by atoms with E-state index in [4.69, 9.17) is 0 Å². The molecule has 6 nitrogen and oxygen atoms in total. The summed E-state index contributed by atoms with van der Waals surface area (Å²) < 4.78 is 1.37. The number of aromatic amines is 1. The summed E-state index contributed by atoms with van der Waals surface area (Å²) in [6, 6.07) is 17.5. The lowest BCUT2D eigenvalue weighted by Gasteiger charge is -2.18. The van der Waals surface area contributed by atoms with Gasteiger partial charge in [0.1, 0.15) is 5.56 Å².